The number of rotatable bonds is 10. The van der Waals surface area contributed by atoms with Gasteiger partial charge in [-0.15, -0.1) is 0 Å². The Kier molecular flexibility index (Phi) is 9.29. The number of benzene rings is 3. The summed E-state index contributed by atoms with van der Waals surface area (Å²) < 4.78 is 42.0. The zero-order valence-corrected chi connectivity index (χ0v) is 22.4. The van der Waals surface area contributed by atoms with Gasteiger partial charge in [0.25, 0.3) is 10.0 Å². The lowest BCUT2D eigenvalue weighted by Gasteiger charge is -2.33. The van der Waals surface area contributed by atoms with Gasteiger partial charge in [0.1, 0.15) is 18.4 Å². The van der Waals surface area contributed by atoms with Gasteiger partial charge in [0.15, 0.2) is 0 Å². The van der Waals surface area contributed by atoms with Crippen LogP contribution >= 0.6 is 11.6 Å². The summed E-state index contributed by atoms with van der Waals surface area (Å²) >= 11 is 6.31. The van der Waals surface area contributed by atoms with Crippen LogP contribution in [0.2, 0.25) is 5.02 Å². The van der Waals surface area contributed by atoms with Gasteiger partial charge in [-0.3, -0.25) is 13.9 Å². The first-order valence-electron chi connectivity index (χ1n) is 11.7. The van der Waals surface area contributed by atoms with Crippen molar-refractivity contribution in [2.75, 3.05) is 17.9 Å². The Bertz CT molecular complexity index is 1350. The predicted octanol–water partition coefficient (Wildman–Crippen LogP) is 4.54. The molecule has 1 atom stereocenters. The number of likely N-dealkylation sites (N-methyl/N-ethyl adjacent to an activating group) is 1. The van der Waals surface area contributed by atoms with Crippen LogP contribution in [-0.4, -0.2) is 44.8 Å². The molecule has 0 aromatic heterocycles. The zero-order valence-electron chi connectivity index (χ0n) is 20.8. The van der Waals surface area contributed by atoms with Crippen molar-refractivity contribution in [2.24, 2.45) is 0 Å². The highest BCUT2D eigenvalue weighted by molar-refractivity contribution is 7.92. The zero-order chi connectivity index (χ0) is 27.2. The van der Waals surface area contributed by atoms with Crippen LogP contribution in [-0.2, 0) is 26.2 Å². The van der Waals surface area contributed by atoms with Crippen LogP contribution in [0, 0.1) is 12.7 Å². The smallest absolute Gasteiger partial charge is 0.264 e. The van der Waals surface area contributed by atoms with E-state index in [-0.39, 0.29) is 23.5 Å². The number of halogens is 2. The number of carbonyl (C=O) groups excluding carboxylic acids is 2. The molecule has 1 N–H and O–H groups in total. The third-order valence-corrected chi connectivity index (χ3v) is 8.20. The molecule has 0 fully saturated rings. The first-order chi connectivity index (χ1) is 17.6. The molecule has 0 aliphatic carbocycles. The third-order valence-electron chi connectivity index (χ3n) is 6.02. The second-order valence-corrected chi connectivity index (χ2v) is 10.7. The normalized spacial score (nSPS) is 12.0. The Morgan fingerprint density at radius 2 is 1.65 bits per heavy atom. The van der Waals surface area contributed by atoms with Gasteiger partial charge in [-0.1, -0.05) is 54.9 Å². The number of nitrogens with one attached hydrogen (secondary N) is 1. The van der Waals surface area contributed by atoms with Crippen LogP contribution in [0.15, 0.2) is 77.7 Å². The molecule has 196 valence electrons. The molecule has 0 aliphatic rings. The number of sulfonamides is 1. The minimum Gasteiger partial charge on any atom is -0.357 e. The average molecular weight is 546 g/mol. The van der Waals surface area contributed by atoms with E-state index in [0.717, 1.165) is 4.31 Å². The maximum atomic E-state index is 13.8. The van der Waals surface area contributed by atoms with Gasteiger partial charge >= 0.3 is 0 Å². The van der Waals surface area contributed by atoms with E-state index in [0.29, 0.717) is 16.1 Å². The van der Waals surface area contributed by atoms with Crippen LogP contribution in [0.4, 0.5) is 10.1 Å². The standard InChI is InChI=1S/C27H29ClFN3O4S/c1-4-24(27(34)30-3)31(17-20-13-15-21(29)16-14-20)26(33)18-32(25-12-8-11-23(28)19(25)2)37(35,36)22-9-6-5-7-10-22/h5-16,24H,4,17-18H2,1-3H3,(H,30,34)/t24-/m0/s1. The summed E-state index contributed by atoms with van der Waals surface area (Å²) in [5.74, 6) is -1.43. The number of amides is 2. The molecule has 3 aromatic rings. The van der Waals surface area contributed by atoms with Crippen LogP contribution < -0.4 is 9.62 Å². The fourth-order valence-electron chi connectivity index (χ4n) is 3.97. The second-order valence-electron chi connectivity index (χ2n) is 8.40. The van der Waals surface area contributed by atoms with Gasteiger partial charge in [0, 0.05) is 18.6 Å². The molecule has 0 unspecified atom stereocenters. The highest BCUT2D eigenvalue weighted by atomic mass is 35.5. The lowest BCUT2D eigenvalue weighted by atomic mass is 10.1. The molecular formula is C27H29ClFN3O4S. The fraction of sp³-hybridized carbons (Fsp3) is 0.259. The van der Waals surface area contributed by atoms with Gasteiger partial charge in [-0.05, 0) is 60.9 Å². The van der Waals surface area contributed by atoms with E-state index in [1.54, 1.807) is 50.2 Å². The lowest BCUT2D eigenvalue weighted by molar-refractivity contribution is -0.140. The van der Waals surface area contributed by atoms with Crippen molar-refractivity contribution in [3.63, 3.8) is 0 Å². The van der Waals surface area contributed by atoms with Gasteiger partial charge in [-0.2, -0.15) is 0 Å². The second kappa shape index (κ2) is 12.2. The Morgan fingerprint density at radius 1 is 1.00 bits per heavy atom. The number of carbonyl (C=O) groups is 2. The number of nitrogens with zero attached hydrogens (tertiary/aromatic N) is 2. The molecule has 3 rings (SSSR count). The SMILES string of the molecule is CC[C@@H](C(=O)NC)N(Cc1ccc(F)cc1)C(=O)CN(c1cccc(Cl)c1C)S(=O)(=O)c1ccccc1. The van der Waals surface area contributed by atoms with E-state index in [9.17, 15) is 22.4 Å². The van der Waals surface area contributed by atoms with Crippen molar-refractivity contribution < 1.29 is 22.4 Å². The highest BCUT2D eigenvalue weighted by Gasteiger charge is 2.34. The topological polar surface area (TPSA) is 86.8 Å². The maximum absolute atomic E-state index is 13.8. The molecule has 0 aliphatic heterocycles. The quantitative estimate of drug-likeness (QED) is 0.405. The van der Waals surface area contributed by atoms with Crippen LogP contribution in [0.1, 0.15) is 24.5 Å². The van der Waals surface area contributed by atoms with Crippen LogP contribution in [0.3, 0.4) is 0 Å². The maximum Gasteiger partial charge on any atom is 0.264 e. The number of hydrogen-bond donors (Lipinski definition) is 1. The fourth-order valence-corrected chi connectivity index (χ4v) is 5.63. The van der Waals surface area contributed by atoms with E-state index in [4.69, 9.17) is 11.6 Å². The summed E-state index contributed by atoms with van der Waals surface area (Å²) in [4.78, 5) is 27.8. The summed E-state index contributed by atoms with van der Waals surface area (Å²) in [5, 5.41) is 2.91. The van der Waals surface area contributed by atoms with E-state index < -0.39 is 40.2 Å². The summed E-state index contributed by atoms with van der Waals surface area (Å²) in [6.07, 6.45) is 0.286. The number of hydrogen-bond acceptors (Lipinski definition) is 4. The van der Waals surface area contributed by atoms with E-state index in [1.165, 1.54) is 48.3 Å². The molecule has 7 nitrogen and oxygen atoms in total. The van der Waals surface area contributed by atoms with Crippen molar-refractivity contribution in [1.29, 1.82) is 0 Å². The molecule has 0 saturated heterocycles. The molecule has 0 radical (unpaired) electrons. The van der Waals surface area contributed by atoms with E-state index in [1.807, 2.05) is 0 Å². The third kappa shape index (κ3) is 6.47. The van der Waals surface area contributed by atoms with Gasteiger partial charge in [0.05, 0.1) is 10.6 Å². The van der Waals surface area contributed by atoms with Gasteiger partial charge in [-0.25, -0.2) is 12.8 Å². The summed E-state index contributed by atoms with van der Waals surface area (Å²) in [6, 6.07) is 17.3. The number of anilines is 1. The minimum atomic E-state index is -4.18. The molecule has 0 spiro atoms. The molecular weight excluding hydrogens is 517 g/mol. The molecule has 37 heavy (non-hydrogen) atoms. The first-order valence-corrected chi connectivity index (χ1v) is 13.5. The molecule has 2 amide bonds. The van der Waals surface area contributed by atoms with E-state index >= 15 is 0 Å². The molecule has 0 bridgehead atoms. The monoisotopic (exact) mass is 545 g/mol. The van der Waals surface area contributed by atoms with E-state index in [2.05, 4.69) is 5.32 Å². The van der Waals surface area contributed by atoms with Gasteiger partial charge in [0.2, 0.25) is 11.8 Å². The largest absolute Gasteiger partial charge is 0.357 e. The predicted molar refractivity (Wildman–Crippen MR) is 142 cm³/mol. The Morgan fingerprint density at radius 3 is 2.24 bits per heavy atom. The summed E-state index contributed by atoms with van der Waals surface area (Å²) in [7, 11) is -2.72. The summed E-state index contributed by atoms with van der Waals surface area (Å²) in [6.45, 7) is 2.83. The van der Waals surface area contributed by atoms with Crippen molar-refractivity contribution in [3.8, 4) is 0 Å². The van der Waals surface area contributed by atoms with Crippen LogP contribution in [0.5, 0.6) is 0 Å². The average Bonchev–Trinajstić information content (AvgIpc) is 2.90. The van der Waals surface area contributed by atoms with Crippen molar-refractivity contribution in [1.82, 2.24) is 10.2 Å². The van der Waals surface area contributed by atoms with Crippen molar-refractivity contribution >= 4 is 39.1 Å². The molecule has 0 heterocycles. The van der Waals surface area contributed by atoms with Gasteiger partial charge < -0.3 is 10.2 Å². The summed E-state index contributed by atoms with van der Waals surface area (Å²) in [5.41, 5.74) is 1.33. The Labute approximate surface area is 221 Å². The molecule has 0 saturated carbocycles. The minimum absolute atomic E-state index is 0.00519. The Balaban J connectivity index is 2.09. The first kappa shape index (κ1) is 28.1. The highest BCUT2D eigenvalue weighted by Crippen LogP contribution is 2.31. The Hall–Kier alpha value is -3.43. The van der Waals surface area contributed by atoms with Crippen molar-refractivity contribution in [2.45, 2.75) is 37.8 Å². The van der Waals surface area contributed by atoms with Crippen LogP contribution in [0.25, 0.3) is 0 Å². The van der Waals surface area contributed by atoms with Crippen molar-refractivity contribution in [3.05, 3.63) is 94.8 Å². The molecule has 10 heteroatoms. The lowest BCUT2D eigenvalue weighted by Crippen LogP contribution is -2.51. The molecule has 3 aromatic carbocycles.